The number of para-hydroxylation sites is 2. The SMILES string of the molecule is CC1c2ccccc2OCCN1C(=O)Nc1ccccc1. The number of hydrogen-bond donors (Lipinski definition) is 1. The topological polar surface area (TPSA) is 41.6 Å². The molecule has 2 aromatic carbocycles. The number of hydrogen-bond acceptors (Lipinski definition) is 2. The molecule has 1 heterocycles. The normalized spacial score (nSPS) is 17.4. The van der Waals surface area contributed by atoms with E-state index < -0.39 is 0 Å². The molecule has 3 rings (SSSR count). The molecule has 1 N–H and O–H groups in total. The van der Waals surface area contributed by atoms with Crippen LogP contribution in [0, 0.1) is 0 Å². The second kappa shape index (κ2) is 5.87. The summed E-state index contributed by atoms with van der Waals surface area (Å²) in [6.45, 7) is 3.09. The molecule has 0 aromatic heterocycles. The Hall–Kier alpha value is -2.49. The lowest BCUT2D eigenvalue weighted by molar-refractivity contribution is 0.185. The second-order valence-corrected chi connectivity index (χ2v) is 5.05. The van der Waals surface area contributed by atoms with Crippen LogP contribution in [0.25, 0.3) is 0 Å². The van der Waals surface area contributed by atoms with Crippen molar-refractivity contribution in [2.24, 2.45) is 0 Å². The molecule has 0 bridgehead atoms. The van der Waals surface area contributed by atoms with Gasteiger partial charge in [0.25, 0.3) is 0 Å². The first-order chi connectivity index (χ1) is 10.3. The van der Waals surface area contributed by atoms with E-state index in [1.165, 1.54) is 0 Å². The monoisotopic (exact) mass is 282 g/mol. The fourth-order valence-electron chi connectivity index (χ4n) is 2.57. The second-order valence-electron chi connectivity index (χ2n) is 5.05. The van der Waals surface area contributed by atoms with Crippen molar-refractivity contribution in [3.05, 3.63) is 60.2 Å². The van der Waals surface area contributed by atoms with Gasteiger partial charge in [-0.3, -0.25) is 0 Å². The molecule has 4 heteroatoms. The first-order valence-corrected chi connectivity index (χ1v) is 7.10. The van der Waals surface area contributed by atoms with Gasteiger partial charge in [-0.25, -0.2) is 4.79 Å². The van der Waals surface area contributed by atoms with Crippen molar-refractivity contribution >= 4 is 11.7 Å². The maximum Gasteiger partial charge on any atom is 0.322 e. The third-order valence-corrected chi connectivity index (χ3v) is 3.71. The van der Waals surface area contributed by atoms with Gasteiger partial charge in [-0.2, -0.15) is 0 Å². The van der Waals surface area contributed by atoms with Crippen molar-refractivity contribution in [3.63, 3.8) is 0 Å². The fraction of sp³-hybridized carbons (Fsp3) is 0.235. The van der Waals surface area contributed by atoms with Crippen molar-refractivity contribution in [2.45, 2.75) is 13.0 Å². The Balaban J connectivity index is 1.80. The van der Waals surface area contributed by atoms with Crippen LogP contribution in [0.1, 0.15) is 18.5 Å². The van der Waals surface area contributed by atoms with E-state index in [9.17, 15) is 4.79 Å². The number of anilines is 1. The fourth-order valence-corrected chi connectivity index (χ4v) is 2.57. The number of nitrogens with one attached hydrogen (secondary N) is 1. The van der Waals surface area contributed by atoms with E-state index in [1.54, 1.807) is 4.90 Å². The molecule has 1 aliphatic heterocycles. The highest BCUT2D eigenvalue weighted by Crippen LogP contribution is 2.31. The number of fused-ring (bicyclic) bond motifs is 1. The van der Waals surface area contributed by atoms with Gasteiger partial charge in [-0.05, 0) is 25.1 Å². The van der Waals surface area contributed by atoms with E-state index in [0.717, 1.165) is 17.0 Å². The first kappa shape index (κ1) is 13.5. The lowest BCUT2D eigenvalue weighted by Gasteiger charge is -2.27. The zero-order valence-corrected chi connectivity index (χ0v) is 12.0. The number of carbonyl (C=O) groups excluding carboxylic acids is 1. The number of ether oxygens (including phenoxy) is 1. The van der Waals surface area contributed by atoms with Crippen LogP contribution in [0.2, 0.25) is 0 Å². The highest BCUT2D eigenvalue weighted by molar-refractivity contribution is 5.89. The Morgan fingerprint density at radius 1 is 1.14 bits per heavy atom. The molecule has 108 valence electrons. The summed E-state index contributed by atoms with van der Waals surface area (Å²) in [6, 6.07) is 17.2. The number of benzene rings is 2. The number of carbonyl (C=O) groups is 1. The Labute approximate surface area is 124 Å². The summed E-state index contributed by atoms with van der Waals surface area (Å²) in [4.78, 5) is 14.3. The average Bonchev–Trinajstić information content (AvgIpc) is 2.68. The molecule has 1 atom stereocenters. The minimum Gasteiger partial charge on any atom is -0.491 e. The highest BCUT2D eigenvalue weighted by Gasteiger charge is 2.26. The molecule has 1 aliphatic rings. The van der Waals surface area contributed by atoms with E-state index in [-0.39, 0.29) is 12.1 Å². The van der Waals surface area contributed by atoms with E-state index in [0.29, 0.717) is 13.2 Å². The molecule has 0 saturated carbocycles. The van der Waals surface area contributed by atoms with Crippen LogP contribution in [-0.4, -0.2) is 24.1 Å². The number of amides is 2. The van der Waals surface area contributed by atoms with Gasteiger partial charge in [-0.15, -0.1) is 0 Å². The van der Waals surface area contributed by atoms with Gasteiger partial charge >= 0.3 is 6.03 Å². The maximum atomic E-state index is 12.5. The van der Waals surface area contributed by atoms with Gasteiger partial charge in [0.05, 0.1) is 12.6 Å². The van der Waals surface area contributed by atoms with Crippen LogP contribution in [0.15, 0.2) is 54.6 Å². The Morgan fingerprint density at radius 2 is 1.86 bits per heavy atom. The predicted molar refractivity (Wildman–Crippen MR) is 82.5 cm³/mol. The quantitative estimate of drug-likeness (QED) is 0.867. The lowest BCUT2D eigenvalue weighted by atomic mass is 10.1. The van der Waals surface area contributed by atoms with Gasteiger partial charge < -0.3 is 15.0 Å². The molecule has 0 radical (unpaired) electrons. The highest BCUT2D eigenvalue weighted by atomic mass is 16.5. The maximum absolute atomic E-state index is 12.5. The van der Waals surface area contributed by atoms with Crippen molar-refractivity contribution < 1.29 is 9.53 Å². The molecule has 2 aromatic rings. The van der Waals surface area contributed by atoms with Crippen LogP contribution in [0.4, 0.5) is 10.5 Å². The third-order valence-electron chi connectivity index (χ3n) is 3.71. The molecule has 0 aliphatic carbocycles. The van der Waals surface area contributed by atoms with E-state index in [4.69, 9.17) is 4.74 Å². The third kappa shape index (κ3) is 2.84. The zero-order valence-electron chi connectivity index (χ0n) is 12.0. The average molecular weight is 282 g/mol. The lowest BCUT2D eigenvalue weighted by Crippen LogP contribution is -2.38. The minimum atomic E-state index is -0.103. The van der Waals surface area contributed by atoms with Crippen molar-refractivity contribution in [3.8, 4) is 5.75 Å². The van der Waals surface area contributed by atoms with Gasteiger partial charge in [0.1, 0.15) is 12.4 Å². The van der Waals surface area contributed by atoms with Crippen LogP contribution < -0.4 is 10.1 Å². The molecule has 0 fully saturated rings. The summed E-state index contributed by atoms with van der Waals surface area (Å²) in [6.07, 6.45) is 0. The van der Waals surface area contributed by atoms with Gasteiger partial charge in [0, 0.05) is 11.3 Å². The molecule has 1 unspecified atom stereocenters. The Kier molecular flexibility index (Phi) is 3.77. The largest absolute Gasteiger partial charge is 0.491 e. The predicted octanol–water partition coefficient (Wildman–Crippen LogP) is 3.67. The summed E-state index contributed by atoms with van der Waals surface area (Å²) in [5, 5.41) is 2.93. The molecule has 0 spiro atoms. The number of nitrogens with zero attached hydrogens (tertiary/aromatic N) is 1. The van der Waals surface area contributed by atoms with Gasteiger partial charge in [0.2, 0.25) is 0 Å². The summed E-state index contributed by atoms with van der Waals surface area (Å²) in [5.74, 6) is 0.861. The molecular formula is C17H18N2O2. The number of urea groups is 1. The molecule has 21 heavy (non-hydrogen) atoms. The summed E-state index contributed by atoms with van der Waals surface area (Å²) in [7, 11) is 0. The van der Waals surface area contributed by atoms with Gasteiger partial charge in [-0.1, -0.05) is 36.4 Å². The summed E-state index contributed by atoms with van der Waals surface area (Å²) in [5.41, 5.74) is 1.84. The van der Waals surface area contributed by atoms with Crippen LogP contribution in [-0.2, 0) is 0 Å². The molecule has 0 saturated heterocycles. The van der Waals surface area contributed by atoms with Crippen LogP contribution in [0.3, 0.4) is 0 Å². The zero-order chi connectivity index (χ0) is 14.7. The Morgan fingerprint density at radius 3 is 2.67 bits per heavy atom. The first-order valence-electron chi connectivity index (χ1n) is 7.10. The smallest absolute Gasteiger partial charge is 0.322 e. The summed E-state index contributed by atoms with van der Waals surface area (Å²) < 4.78 is 5.73. The van der Waals surface area contributed by atoms with Crippen molar-refractivity contribution in [1.29, 1.82) is 0 Å². The van der Waals surface area contributed by atoms with E-state index in [2.05, 4.69) is 5.32 Å². The standard InChI is InChI=1S/C17H18N2O2/c1-13-15-9-5-6-10-16(15)21-12-11-19(13)17(20)18-14-7-3-2-4-8-14/h2-10,13H,11-12H2,1H3,(H,18,20). The van der Waals surface area contributed by atoms with Crippen LogP contribution in [0.5, 0.6) is 5.75 Å². The minimum absolute atomic E-state index is 0.0209. The van der Waals surface area contributed by atoms with E-state index in [1.807, 2.05) is 61.5 Å². The van der Waals surface area contributed by atoms with Crippen LogP contribution >= 0.6 is 0 Å². The van der Waals surface area contributed by atoms with Crippen molar-refractivity contribution in [1.82, 2.24) is 4.90 Å². The molecule has 2 amide bonds. The molecular weight excluding hydrogens is 264 g/mol. The van der Waals surface area contributed by atoms with E-state index >= 15 is 0 Å². The van der Waals surface area contributed by atoms with Crippen molar-refractivity contribution in [2.75, 3.05) is 18.5 Å². The molecule has 4 nitrogen and oxygen atoms in total. The Bertz CT molecular complexity index is 628. The summed E-state index contributed by atoms with van der Waals surface area (Å²) >= 11 is 0. The van der Waals surface area contributed by atoms with Gasteiger partial charge in [0.15, 0.2) is 0 Å². The number of rotatable bonds is 1.